The zero-order valence-corrected chi connectivity index (χ0v) is 9.05. The molecule has 0 atom stereocenters. The van der Waals surface area contributed by atoms with Crippen molar-refractivity contribution in [1.82, 2.24) is 9.78 Å². The standard InChI is InChI=1S/C8H14N2.C2H6/c1-6(2)8-5-10(4)9-7(8)3;1-2/h5-6H,1-4H3;1-2H3. The molecule has 2 nitrogen and oxygen atoms in total. The van der Waals surface area contributed by atoms with Gasteiger partial charge in [-0.15, -0.1) is 0 Å². The second kappa shape index (κ2) is 4.96. The van der Waals surface area contributed by atoms with Gasteiger partial charge in [-0.3, -0.25) is 4.68 Å². The predicted molar refractivity (Wildman–Crippen MR) is 53.4 cm³/mol. The van der Waals surface area contributed by atoms with Crippen molar-refractivity contribution >= 4 is 0 Å². The predicted octanol–water partition coefficient (Wildman–Crippen LogP) is 2.88. The minimum Gasteiger partial charge on any atom is -0.275 e. The average molecular weight is 168 g/mol. The van der Waals surface area contributed by atoms with Crippen molar-refractivity contribution < 1.29 is 0 Å². The lowest BCUT2D eigenvalue weighted by molar-refractivity contribution is 0.756. The van der Waals surface area contributed by atoms with Crippen LogP contribution in [-0.2, 0) is 7.05 Å². The normalized spacial score (nSPS) is 9.58. The molecule has 70 valence electrons. The van der Waals surface area contributed by atoms with Crippen molar-refractivity contribution in [2.75, 3.05) is 0 Å². The third kappa shape index (κ3) is 2.68. The van der Waals surface area contributed by atoms with E-state index in [9.17, 15) is 0 Å². The van der Waals surface area contributed by atoms with Crippen LogP contribution in [0.3, 0.4) is 0 Å². The molecule has 1 rings (SSSR count). The highest BCUT2D eigenvalue weighted by Crippen LogP contribution is 2.16. The van der Waals surface area contributed by atoms with Crippen LogP contribution in [0.4, 0.5) is 0 Å². The van der Waals surface area contributed by atoms with E-state index >= 15 is 0 Å². The van der Waals surface area contributed by atoms with Gasteiger partial charge < -0.3 is 0 Å². The number of nitrogens with zero attached hydrogens (tertiary/aromatic N) is 2. The molecule has 0 amide bonds. The number of hydrogen-bond donors (Lipinski definition) is 0. The van der Waals surface area contributed by atoms with E-state index in [0.717, 1.165) is 5.69 Å². The van der Waals surface area contributed by atoms with Gasteiger partial charge in [-0.05, 0) is 18.4 Å². The van der Waals surface area contributed by atoms with Gasteiger partial charge in [-0.1, -0.05) is 27.7 Å². The third-order valence-electron chi connectivity index (χ3n) is 1.67. The molecule has 1 heterocycles. The minimum absolute atomic E-state index is 0.591. The molecular formula is C10H20N2. The van der Waals surface area contributed by atoms with Crippen LogP contribution in [0.15, 0.2) is 6.20 Å². The second-order valence-corrected chi connectivity index (χ2v) is 3.00. The molecule has 0 bridgehead atoms. The molecule has 0 aliphatic heterocycles. The average Bonchev–Trinajstić information content (AvgIpc) is 2.34. The maximum atomic E-state index is 4.25. The van der Waals surface area contributed by atoms with Crippen LogP contribution in [0, 0.1) is 6.92 Å². The summed E-state index contributed by atoms with van der Waals surface area (Å²) in [6.07, 6.45) is 2.08. The summed E-state index contributed by atoms with van der Waals surface area (Å²) < 4.78 is 1.87. The summed E-state index contributed by atoms with van der Waals surface area (Å²) in [5.41, 5.74) is 2.50. The van der Waals surface area contributed by atoms with E-state index in [1.807, 2.05) is 25.6 Å². The highest BCUT2D eigenvalue weighted by Gasteiger charge is 2.05. The van der Waals surface area contributed by atoms with E-state index in [2.05, 4.69) is 32.1 Å². The molecule has 0 fully saturated rings. The van der Waals surface area contributed by atoms with Gasteiger partial charge in [0.2, 0.25) is 0 Å². The Morgan fingerprint density at radius 3 is 2.00 bits per heavy atom. The summed E-state index contributed by atoms with van der Waals surface area (Å²) in [6, 6.07) is 0. The summed E-state index contributed by atoms with van der Waals surface area (Å²) >= 11 is 0. The van der Waals surface area contributed by atoms with E-state index < -0.39 is 0 Å². The van der Waals surface area contributed by atoms with Crippen LogP contribution < -0.4 is 0 Å². The van der Waals surface area contributed by atoms with E-state index in [1.165, 1.54) is 5.56 Å². The van der Waals surface area contributed by atoms with Crippen LogP contribution >= 0.6 is 0 Å². The van der Waals surface area contributed by atoms with Crippen molar-refractivity contribution in [3.05, 3.63) is 17.5 Å². The van der Waals surface area contributed by atoms with Crippen LogP contribution in [0.1, 0.15) is 44.9 Å². The molecule has 0 aromatic carbocycles. The first-order chi connectivity index (χ1) is 5.61. The van der Waals surface area contributed by atoms with Gasteiger partial charge in [0.05, 0.1) is 5.69 Å². The van der Waals surface area contributed by atoms with E-state index in [0.29, 0.717) is 5.92 Å². The van der Waals surface area contributed by atoms with Gasteiger partial charge in [0.1, 0.15) is 0 Å². The fourth-order valence-electron chi connectivity index (χ4n) is 1.18. The molecule has 0 saturated carbocycles. The second-order valence-electron chi connectivity index (χ2n) is 3.00. The highest BCUT2D eigenvalue weighted by atomic mass is 15.2. The summed E-state index contributed by atoms with van der Waals surface area (Å²) in [5.74, 6) is 0.591. The zero-order chi connectivity index (χ0) is 9.72. The zero-order valence-electron chi connectivity index (χ0n) is 9.05. The van der Waals surface area contributed by atoms with Crippen molar-refractivity contribution in [1.29, 1.82) is 0 Å². The lowest BCUT2D eigenvalue weighted by atomic mass is 10.1. The number of aryl methyl sites for hydroxylation is 2. The highest BCUT2D eigenvalue weighted by molar-refractivity contribution is 5.18. The molecule has 1 aromatic heterocycles. The third-order valence-corrected chi connectivity index (χ3v) is 1.67. The largest absolute Gasteiger partial charge is 0.275 e. The first-order valence-corrected chi connectivity index (χ1v) is 4.61. The molecule has 0 saturated heterocycles. The maximum absolute atomic E-state index is 4.25. The summed E-state index contributed by atoms with van der Waals surface area (Å²) in [4.78, 5) is 0. The van der Waals surface area contributed by atoms with E-state index in [-0.39, 0.29) is 0 Å². The lowest BCUT2D eigenvalue weighted by Gasteiger charge is -1.99. The SMILES string of the molecule is CC.Cc1nn(C)cc1C(C)C. The van der Waals surface area contributed by atoms with Crippen molar-refractivity contribution in [2.24, 2.45) is 7.05 Å². The molecule has 0 radical (unpaired) electrons. The number of aromatic nitrogens is 2. The van der Waals surface area contributed by atoms with Crippen LogP contribution in [0.2, 0.25) is 0 Å². The van der Waals surface area contributed by atoms with Crippen molar-refractivity contribution in [3.8, 4) is 0 Å². The van der Waals surface area contributed by atoms with Crippen LogP contribution in [0.5, 0.6) is 0 Å². The molecule has 0 aliphatic carbocycles. The van der Waals surface area contributed by atoms with Gasteiger partial charge in [0.15, 0.2) is 0 Å². The Bertz CT molecular complexity index is 224. The molecule has 12 heavy (non-hydrogen) atoms. The monoisotopic (exact) mass is 168 g/mol. The van der Waals surface area contributed by atoms with E-state index in [4.69, 9.17) is 0 Å². The Kier molecular flexibility index (Phi) is 4.64. The molecule has 2 heteroatoms. The molecule has 1 aromatic rings. The van der Waals surface area contributed by atoms with Gasteiger partial charge >= 0.3 is 0 Å². The lowest BCUT2D eigenvalue weighted by Crippen LogP contribution is -1.86. The fourth-order valence-corrected chi connectivity index (χ4v) is 1.18. The maximum Gasteiger partial charge on any atom is 0.0628 e. The molecule has 0 unspecified atom stereocenters. The minimum atomic E-state index is 0.591. The number of hydrogen-bond acceptors (Lipinski definition) is 1. The van der Waals surface area contributed by atoms with E-state index in [1.54, 1.807) is 0 Å². The molecular weight excluding hydrogens is 148 g/mol. The fraction of sp³-hybridized carbons (Fsp3) is 0.700. The summed E-state index contributed by atoms with van der Waals surface area (Å²) in [7, 11) is 1.96. The molecule has 0 spiro atoms. The van der Waals surface area contributed by atoms with Crippen molar-refractivity contribution in [3.63, 3.8) is 0 Å². The number of rotatable bonds is 1. The first-order valence-electron chi connectivity index (χ1n) is 4.61. The Morgan fingerprint density at radius 2 is 1.83 bits per heavy atom. The Morgan fingerprint density at radius 1 is 1.33 bits per heavy atom. The molecule has 0 aliphatic rings. The van der Waals surface area contributed by atoms with Gasteiger partial charge in [0.25, 0.3) is 0 Å². The van der Waals surface area contributed by atoms with Gasteiger partial charge in [-0.2, -0.15) is 5.10 Å². The van der Waals surface area contributed by atoms with Crippen LogP contribution in [0.25, 0.3) is 0 Å². The van der Waals surface area contributed by atoms with Gasteiger partial charge in [-0.25, -0.2) is 0 Å². The van der Waals surface area contributed by atoms with Crippen molar-refractivity contribution in [2.45, 2.75) is 40.5 Å². The molecule has 0 N–H and O–H groups in total. The Balaban J connectivity index is 0.000000561. The summed E-state index contributed by atoms with van der Waals surface area (Å²) in [6.45, 7) is 10.4. The Labute approximate surface area is 75.6 Å². The Hall–Kier alpha value is -0.790. The quantitative estimate of drug-likeness (QED) is 0.630. The van der Waals surface area contributed by atoms with Crippen LogP contribution in [-0.4, -0.2) is 9.78 Å². The smallest absolute Gasteiger partial charge is 0.0628 e. The van der Waals surface area contributed by atoms with Gasteiger partial charge in [0, 0.05) is 13.2 Å². The summed E-state index contributed by atoms with van der Waals surface area (Å²) in [5, 5.41) is 4.25. The first kappa shape index (κ1) is 11.2. The topological polar surface area (TPSA) is 17.8 Å².